The third-order valence-electron chi connectivity index (χ3n) is 3.83. The van der Waals surface area contributed by atoms with Crippen LogP contribution in [0.4, 0.5) is 0 Å². The largest absolute Gasteiger partial charge is 0.791 e. The quantitative estimate of drug-likeness (QED) is 0.212. The van der Waals surface area contributed by atoms with Crippen molar-refractivity contribution in [2.24, 2.45) is 20.6 Å². The Morgan fingerprint density at radius 2 is 0.667 bits per heavy atom. The first-order valence-corrected chi connectivity index (χ1v) is 8.71. The van der Waals surface area contributed by atoms with Gasteiger partial charge in [-0.1, -0.05) is 0 Å². The fraction of sp³-hybridized carbons (Fsp3) is 0. The molecule has 0 aromatic carbocycles. The molecule has 1 radical (unpaired) electrons. The number of hydrogen-bond donors (Lipinski definition) is 0. The molecule has 0 atom stereocenters. The Labute approximate surface area is 195 Å². The van der Waals surface area contributed by atoms with E-state index in [0.29, 0.717) is 0 Å². The summed E-state index contributed by atoms with van der Waals surface area (Å²) in [5.74, 6) is 0.670. The number of furan rings is 4. The van der Waals surface area contributed by atoms with Crippen LogP contribution in [0.1, 0.15) is 23.0 Å². The third kappa shape index (κ3) is 5.81. The zero-order chi connectivity index (χ0) is 22.8. The van der Waals surface area contributed by atoms with Crippen molar-refractivity contribution in [3.63, 3.8) is 0 Å². The Morgan fingerprint density at radius 1 is 0.455 bits per heavy atom. The van der Waals surface area contributed by atoms with E-state index in [2.05, 4.69) is 20.6 Å². The molecule has 0 saturated heterocycles. The molecule has 0 N–H and O–H groups in total. The molecule has 175 valence electrons. The van der Waals surface area contributed by atoms with E-state index in [4.69, 9.17) is 17.7 Å². The molecular formula is C20H12CuN4O8-4. The van der Waals surface area contributed by atoms with Crippen LogP contribution in [0.3, 0.4) is 0 Å². The molecule has 0 aliphatic rings. The maximum absolute atomic E-state index is 10.7. The van der Waals surface area contributed by atoms with Crippen molar-refractivity contribution in [2.75, 3.05) is 0 Å². The second-order valence-corrected chi connectivity index (χ2v) is 5.67. The second kappa shape index (κ2) is 12.4. The molecule has 12 nitrogen and oxygen atoms in total. The molecule has 0 spiro atoms. The van der Waals surface area contributed by atoms with Gasteiger partial charge in [0.25, 0.3) is 0 Å². The van der Waals surface area contributed by atoms with Gasteiger partial charge < -0.3 is 59.1 Å². The molecule has 4 aromatic heterocycles. The first kappa shape index (κ1) is 24.8. The SMILES string of the molecule is [Cu].[O-]N=C(C(=N[O-])c1ccco1)c1ccco1.[O-]N=C(C(=N[O-])c1ccco1)c1ccco1. The Balaban J connectivity index is 0.000000227. The maximum atomic E-state index is 10.7. The smallest absolute Gasteiger partial charge is 0.153 e. The van der Waals surface area contributed by atoms with Gasteiger partial charge in [0, 0.05) is 17.1 Å². The minimum atomic E-state index is -0.185. The third-order valence-corrected chi connectivity index (χ3v) is 3.83. The Kier molecular flexibility index (Phi) is 9.31. The summed E-state index contributed by atoms with van der Waals surface area (Å²) in [6.45, 7) is 0. The molecule has 13 heteroatoms. The van der Waals surface area contributed by atoms with E-state index < -0.39 is 0 Å². The Hall–Kier alpha value is -4.48. The monoisotopic (exact) mass is 499 g/mol. The van der Waals surface area contributed by atoms with Crippen LogP contribution in [0, 0.1) is 20.8 Å². The van der Waals surface area contributed by atoms with Crippen molar-refractivity contribution in [1.82, 2.24) is 0 Å². The van der Waals surface area contributed by atoms with Gasteiger partial charge in [0.2, 0.25) is 0 Å². The van der Waals surface area contributed by atoms with Crippen LogP contribution < -0.4 is 0 Å². The van der Waals surface area contributed by atoms with Gasteiger partial charge in [0.15, 0.2) is 23.0 Å². The zero-order valence-electron chi connectivity index (χ0n) is 16.3. The summed E-state index contributed by atoms with van der Waals surface area (Å²) in [6, 6.07) is 12.3. The average molecular weight is 500 g/mol. The van der Waals surface area contributed by atoms with E-state index in [0.717, 1.165) is 0 Å². The molecule has 0 unspecified atom stereocenters. The zero-order valence-corrected chi connectivity index (χ0v) is 17.2. The van der Waals surface area contributed by atoms with Crippen LogP contribution in [0.15, 0.2) is 112 Å². The molecule has 33 heavy (non-hydrogen) atoms. The van der Waals surface area contributed by atoms with Crippen molar-refractivity contribution in [1.29, 1.82) is 0 Å². The van der Waals surface area contributed by atoms with Crippen LogP contribution in [-0.2, 0) is 17.1 Å². The molecule has 0 aliphatic carbocycles. The molecule has 0 aliphatic heterocycles. The summed E-state index contributed by atoms with van der Waals surface area (Å²) >= 11 is 0. The normalized spacial score (nSPS) is 12.6. The van der Waals surface area contributed by atoms with Crippen molar-refractivity contribution < 1.29 is 34.7 Å². The van der Waals surface area contributed by atoms with Crippen LogP contribution >= 0.6 is 0 Å². The van der Waals surface area contributed by atoms with Crippen LogP contribution in [0.25, 0.3) is 0 Å². The fourth-order valence-electron chi connectivity index (χ4n) is 2.47. The predicted octanol–water partition coefficient (Wildman–Crippen LogP) is 4.29. The van der Waals surface area contributed by atoms with Gasteiger partial charge in [0.05, 0.1) is 25.1 Å². The molecule has 0 saturated carbocycles. The van der Waals surface area contributed by atoms with Gasteiger partial charge in [-0.05, 0) is 48.5 Å². The minimum absolute atomic E-state index is 0. The molecule has 4 aromatic rings. The molecule has 0 amide bonds. The van der Waals surface area contributed by atoms with Gasteiger partial charge in [-0.25, -0.2) is 0 Å². The Bertz CT molecular complexity index is 1000. The first-order valence-electron chi connectivity index (χ1n) is 8.71. The molecule has 4 heterocycles. The van der Waals surface area contributed by atoms with Gasteiger partial charge in [-0.2, -0.15) is 0 Å². The van der Waals surface area contributed by atoms with Crippen LogP contribution in [0.5, 0.6) is 0 Å². The first-order chi connectivity index (χ1) is 15.7. The summed E-state index contributed by atoms with van der Waals surface area (Å²) in [6.07, 6.45) is 5.46. The van der Waals surface area contributed by atoms with Crippen molar-refractivity contribution >= 4 is 22.8 Å². The molecule has 0 fully saturated rings. The van der Waals surface area contributed by atoms with Gasteiger partial charge in [0.1, 0.15) is 22.8 Å². The standard InChI is InChI=1S/2C10H8N2O4.Cu/c2*13-11-9(7-3-1-5-15-7)10(12-14)8-4-2-6-16-8;/h2*1-6,13-14H;/p-4. The number of nitrogens with zero attached hydrogens (tertiary/aromatic N) is 4. The van der Waals surface area contributed by atoms with Crippen LogP contribution in [-0.4, -0.2) is 22.8 Å². The van der Waals surface area contributed by atoms with E-state index in [-0.39, 0.29) is 63.0 Å². The van der Waals surface area contributed by atoms with Crippen molar-refractivity contribution in [2.45, 2.75) is 0 Å². The van der Waals surface area contributed by atoms with Crippen molar-refractivity contribution in [3.8, 4) is 0 Å². The van der Waals surface area contributed by atoms with Crippen LogP contribution in [0.2, 0.25) is 0 Å². The summed E-state index contributed by atoms with van der Waals surface area (Å²) in [7, 11) is 0. The minimum Gasteiger partial charge on any atom is -0.791 e. The molecule has 0 bridgehead atoms. The van der Waals surface area contributed by atoms with E-state index in [1.54, 1.807) is 24.3 Å². The average Bonchev–Trinajstić information content (AvgIpc) is 3.63. The molecule has 4 rings (SSSR count). The second-order valence-electron chi connectivity index (χ2n) is 5.67. The summed E-state index contributed by atoms with van der Waals surface area (Å²) < 4.78 is 19.9. The summed E-state index contributed by atoms with van der Waals surface area (Å²) in [5.41, 5.74) is -0.741. The van der Waals surface area contributed by atoms with E-state index in [1.807, 2.05) is 0 Å². The van der Waals surface area contributed by atoms with Gasteiger partial charge in [-0.15, -0.1) is 0 Å². The molecular weight excluding hydrogens is 488 g/mol. The summed E-state index contributed by atoms with van der Waals surface area (Å²) in [4.78, 5) is 0. The van der Waals surface area contributed by atoms with Crippen molar-refractivity contribution in [3.05, 3.63) is 117 Å². The van der Waals surface area contributed by atoms with E-state index in [9.17, 15) is 20.8 Å². The maximum Gasteiger partial charge on any atom is 0.153 e. The van der Waals surface area contributed by atoms with E-state index >= 15 is 0 Å². The topological polar surface area (TPSA) is 194 Å². The number of rotatable bonds is 6. The van der Waals surface area contributed by atoms with Gasteiger partial charge >= 0.3 is 0 Å². The summed E-state index contributed by atoms with van der Waals surface area (Å²) in [5, 5.41) is 53.7. The fourth-order valence-corrected chi connectivity index (χ4v) is 2.47. The predicted molar refractivity (Wildman–Crippen MR) is 114 cm³/mol. The number of hydrogen-bond acceptors (Lipinski definition) is 12. The van der Waals surface area contributed by atoms with E-state index in [1.165, 1.54) is 49.3 Å². The van der Waals surface area contributed by atoms with Gasteiger partial charge in [-0.3, -0.25) is 0 Å². The Morgan fingerprint density at radius 3 is 0.788 bits per heavy atom.